The number of aromatic nitrogens is 2. The molecule has 6 nitrogen and oxygen atoms in total. The lowest BCUT2D eigenvalue weighted by molar-refractivity contribution is -0.155. The van der Waals surface area contributed by atoms with Crippen LogP contribution in [0.4, 0.5) is 0 Å². The van der Waals surface area contributed by atoms with Crippen molar-refractivity contribution in [2.75, 3.05) is 0 Å². The van der Waals surface area contributed by atoms with Crippen molar-refractivity contribution in [3.63, 3.8) is 0 Å². The van der Waals surface area contributed by atoms with E-state index in [0.29, 0.717) is 22.3 Å². The third-order valence-electron chi connectivity index (χ3n) is 4.10. The number of Topliss-reactive ketones (excluding diaryl/α,β-unsaturated/α-hetero) is 1. The number of esters is 1. The van der Waals surface area contributed by atoms with Crippen molar-refractivity contribution in [3.05, 3.63) is 77.6 Å². The van der Waals surface area contributed by atoms with E-state index in [1.807, 2.05) is 12.1 Å². The lowest BCUT2D eigenvalue weighted by Crippen LogP contribution is -2.31. The van der Waals surface area contributed by atoms with Gasteiger partial charge in [0.25, 0.3) is 0 Å². The normalized spacial score (nSPS) is 17.0. The largest absolute Gasteiger partial charge is 0.447 e. The van der Waals surface area contributed by atoms with Crippen molar-refractivity contribution in [3.8, 4) is 0 Å². The maximum Gasteiger partial charge on any atom is 0.340 e. The van der Waals surface area contributed by atoms with Gasteiger partial charge in [0.05, 0.1) is 16.7 Å². The van der Waals surface area contributed by atoms with Crippen LogP contribution < -0.4 is 0 Å². The monoisotopic (exact) mass is 346 g/mol. The predicted molar refractivity (Wildman–Crippen MR) is 94.2 cm³/mol. The molecular formula is C20H14N2O4. The van der Waals surface area contributed by atoms with Gasteiger partial charge in [0.1, 0.15) is 5.69 Å². The van der Waals surface area contributed by atoms with Gasteiger partial charge in [-0.3, -0.25) is 4.79 Å². The molecule has 1 aliphatic carbocycles. The van der Waals surface area contributed by atoms with E-state index >= 15 is 0 Å². The quantitative estimate of drug-likeness (QED) is 0.733. The van der Waals surface area contributed by atoms with E-state index in [9.17, 15) is 14.7 Å². The third-order valence-corrected chi connectivity index (χ3v) is 4.10. The number of ether oxygens (including phenoxy) is 1. The highest BCUT2D eigenvalue weighted by Gasteiger charge is 2.31. The Labute approximate surface area is 148 Å². The van der Waals surface area contributed by atoms with Crippen molar-refractivity contribution >= 4 is 28.9 Å². The zero-order valence-corrected chi connectivity index (χ0v) is 13.6. The molecule has 2 aromatic carbocycles. The molecule has 6 heteroatoms. The second-order valence-corrected chi connectivity index (χ2v) is 5.84. The third kappa shape index (κ3) is 2.87. The molecule has 4 rings (SSSR count). The zero-order valence-electron chi connectivity index (χ0n) is 13.6. The maximum atomic E-state index is 12.6. The number of aliphatic hydroxyl groups excluding tert-OH is 1. The van der Waals surface area contributed by atoms with Crippen LogP contribution in [0.1, 0.15) is 27.8 Å². The number of carbonyl (C=O) groups excluding carboxylic acids is 2. The summed E-state index contributed by atoms with van der Waals surface area (Å²) in [6.45, 7) is 0. The maximum absolute atomic E-state index is 12.6. The summed E-state index contributed by atoms with van der Waals surface area (Å²) in [7, 11) is 0. The molecule has 0 amide bonds. The number of carbonyl (C=O) groups is 2. The lowest BCUT2D eigenvalue weighted by Gasteiger charge is -2.19. The van der Waals surface area contributed by atoms with Crippen molar-refractivity contribution in [1.82, 2.24) is 9.97 Å². The first-order valence-electron chi connectivity index (χ1n) is 8.06. The fourth-order valence-electron chi connectivity index (χ4n) is 2.77. The molecule has 2 unspecified atom stereocenters. The molecule has 3 aromatic rings. The van der Waals surface area contributed by atoms with Crippen LogP contribution >= 0.6 is 0 Å². The minimum absolute atomic E-state index is 0.151. The number of hydrogen-bond acceptors (Lipinski definition) is 6. The number of nitrogens with zero attached hydrogens (tertiary/aromatic N) is 2. The summed E-state index contributed by atoms with van der Waals surface area (Å²) in [5.74, 6) is -1.36. The Morgan fingerprint density at radius 2 is 1.65 bits per heavy atom. The molecule has 128 valence electrons. The number of ketones is 1. The smallest absolute Gasteiger partial charge is 0.340 e. The van der Waals surface area contributed by atoms with Crippen LogP contribution in [-0.4, -0.2) is 32.9 Å². The van der Waals surface area contributed by atoms with Gasteiger partial charge in [-0.2, -0.15) is 0 Å². The second-order valence-electron chi connectivity index (χ2n) is 5.84. The molecule has 0 saturated heterocycles. The number of benzene rings is 2. The Morgan fingerprint density at radius 3 is 2.38 bits per heavy atom. The molecule has 0 spiro atoms. The highest BCUT2D eigenvalue weighted by molar-refractivity contribution is 6.06. The van der Waals surface area contributed by atoms with Gasteiger partial charge in [-0.05, 0) is 29.8 Å². The summed E-state index contributed by atoms with van der Waals surface area (Å²) in [5.41, 5.74) is 2.25. The zero-order chi connectivity index (χ0) is 18.1. The average molecular weight is 346 g/mol. The first-order chi connectivity index (χ1) is 12.6. The highest BCUT2D eigenvalue weighted by Crippen LogP contribution is 2.23. The number of aliphatic hydroxyl groups is 1. The fraction of sp³-hybridized carbons (Fsp3) is 0.100. The summed E-state index contributed by atoms with van der Waals surface area (Å²) in [6.07, 6.45) is 0.456. The highest BCUT2D eigenvalue weighted by atomic mass is 16.6. The second kappa shape index (κ2) is 6.50. The van der Waals surface area contributed by atoms with E-state index in [1.54, 1.807) is 48.5 Å². The van der Waals surface area contributed by atoms with Gasteiger partial charge in [-0.15, -0.1) is 0 Å². The van der Waals surface area contributed by atoms with Gasteiger partial charge in [-0.25, -0.2) is 14.8 Å². The number of hydrogen-bond donors (Lipinski definition) is 1. The van der Waals surface area contributed by atoms with Crippen LogP contribution in [0, 0.1) is 0 Å². The summed E-state index contributed by atoms with van der Waals surface area (Å²) < 4.78 is 5.20. The molecule has 26 heavy (non-hydrogen) atoms. The molecule has 1 N–H and O–H groups in total. The summed E-state index contributed by atoms with van der Waals surface area (Å²) >= 11 is 0. The SMILES string of the molecule is O=C1c2nc3ccccc3nc2C=CC1OC(=O)C(O)c1ccccc1. The Kier molecular flexibility index (Phi) is 4.02. The molecule has 0 saturated carbocycles. The van der Waals surface area contributed by atoms with Crippen molar-refractivity contribution < 1.29 is 19.4 Å². The van der Waals surface area contributed by atoms with Crippen molar-refractivity contribution in [1.29, 1.82) is 0 Å². The van der Waals surface area contributed by atoms with E-state index in [2.05, 4.69) is 9.97 Å². The first kappa shape index (κ1) is 16.1. The van der Waals surface area contributed by atoms with E-state index < -0.39 is 24.0 Å². The predicted octanol–water partition coefficient (Wildman–Crippen LogP) is 2.48. The molecular weight excluding hydrogens is 332 g/mol. The minimum Gasteiger partial charge on any atom is -0.447 e. The lowest BCUT2D eigenvalue weighted by atomic mass is 10.0. The van der Waals surface area contributed by atoms with Gasteiger partial charge >= 0.3 is 5.97 Å². The van der Waals surface area contributed by atoms with Crippen LogP contribution in [0.2, 0.25) is 0 Å². The fourth-order valence-corrected chi connectivity index (χ4v) is 2.77. The van der Waals surface area contributed by atoms with Crippen LogP contribution in [0.5, 0.6) is 0 Å². The van der Waals surface area contributed by atoms with Crippen LogP contribution in [0.15, 0.2) is 60.7 Å². The van der Waals surface area contributed by atoms with Crippen molar-refractivity contribution in [2.45, 2.75) is 12.2 Å². The standard InChI is InChI=1S/C20H14N2O4/c23-18(12-6-2-1-3-7-12)20(25)26-16-11-10-15-17(19(16)24)22-14-9-5-4-8-13(14)21-15/h1-11,16,18,23H. The van der Waals surface area contributed by atoms with Crippen LogP contribution in [0.25, 0.3) is 17.1 Å². The number of fused-ring (bicyclic) bond motifs is 2. The van der Waals surface area contributed by atoms with E-state index in [0.717, 1.165) is 0 Å². The van der Waals surface area contributed by atoms with Gasteiger partial charge < -0.3 is 9.84 Å². The molecule has 1 aliphatic rings. The molecule has 0 aliphatic heterocycles. The summed E-state index contributed by atoms with van der Waals surface area (Å²) in [5, 5.41) is 10.1. The summed E-state index contributed by atoms with van der Waals surface area (Å²) in [4.78, 5) is 33.6. The van der Waals surface area contributed by atoms with Gasteiger partial charge in [0.15, 0.2) is 12.2 Å². The Balaban J connectivity index is 1.58. The first-order valence-corrected chi connectivity index (χ1v) is 8.06. The molecule has 2 atom stereocenters. The van der Waals surface area contributed by atoms with E-state index in [-0.39, 0.29) is 5.69 Å². The van der Waals surface area contributed by atoms with Crippen LogP contribution in [-0.2, 0) is 9.53 Å². The van der Waals surface area contributed by atoms with Crippen LogP contribution in [0.3, 0.4) is 0 Å². The van der Waals surface area contributed by atoms with Crippen molar-refractivity contribution in [2.24, 2.45) is 0 Å². The minimum atomic E-state index is -1.46. The van der Waals surface area contributed by atoms with E-state index in [1.165, 1.54) is 6.08 Å². The van der Waals surface area contributed by atoms with Gasteiger partial charge in [0, 0.05) is 0 Å². The van der Waals surface area contributed by atoms with E-state index in [4.69, 9.17) is 4.74 Å². The number of para-hydroxylation sites is 2. The molecule has 0 radical (unpaired) electrons. The Hall–Kier alpha value is -3.38. The molecule has 1 aromatic heterocycles. The van der Waals surface area contributed by atoms with Gasteiger partial charge in [-0.1, -0.05) is 42.5 Å². The van der Waals surface area contributed by atoms with Gasteiger partial charge in [0.2, 0.25) is 5.78 Å². The number of rotatable bonds is 3. The average Bonchev–Trinajstić information content (AvgIpc) is 2.69. The molecule has 1 heterocycles. The Bertz CT molecular complexity index is 1030. The molecule has 0 fully saturated rings. The molecule has 0 bridgehead atoms. The topological polar surface area (TPSA) is 89.4 Å². The Morgan fingerprint density at radius 1 is 1.00 bits per heavy atom. The summed E-state index contributed by atoms with van der Waals surface area (Å²) in [6, 6.07) is 15.6.